The molecule has 3 rings (SSSR count). The Morgan fingerprint density at radius 3 is 2.90 bits per heavy atom. The zero-order valence-corrected chi connectivity index (χ0v) is 11.4. The van der Waals surface area contributed by atoms with E-state index in [1.165, 1.54) is 5.56 Å². The third-order valence-corrected chi connectivity index (χ3v) is 3.40. The lowest BCUT2D eigenvalue weighted by molar-refractivity contribution is 0.0208. The number of ether oxygens (including phenoxy) is 1. The van der Waals surface area contributed by atoms with Gasteiger partial charge < -0.3 is 14.6 Å². The molecule has 1 atom stereocenters. The van der Waals surface area contributed by atoms with Gasteiger partial charge in [-0.25, -0.2) is 0 Å². The van der Waals surface area contributed by atoms with Crippen LogP contribution >= 0.6 is 0 Å². The minimum absolute atomic E-state index is 0.0737. The Morgan fingerprint density at radius 2 is 2.10 bits per heavy atom. The molecule has 1 aliphatic rings. The fraction of sp³-hybridized carbons (Fsp3) is 0.467. The van der Waals surface area contributed by atoms with E-state index in [-0.39, 0.29) is 6.10 Å². The van der Waals surface area contributed by atoms with Gasteiger partial charge in [0.05, 0.1) is 6.61 Å². The van der Waals surface area contributed by atoms with Crippen molar-refractivity contribution in [3.8, 4) is 0 Å². The summed E-state index contributed by atoms with van der Waals surface area (Å²) in [6, 6.07) is 10.4. The zero-order chi connectivity index (χ0) is 13.6. The van der Waals surface area contributed by atoms with E-state index in [0.717, 1.165) is 32.4 Å². The molecule has 0 amide bonds. The van der Waals surface area contributed by atoms with Crippen LogP contribution in [0.15, 0.2) is 34.9 Å². The lowest BCUT2D eigenvalue weighted by Crippen LogP contribution is -2.33. The Balaban J connectivity index is 1.50. The molecule has 0 radical (unpaired) electrons. The normalized spacial score (nSPS) is 19.1. The standard InChI is InChI=1S/C15H19N3O2/c1-2-5-12(6-3-1)7-4-8-14-17-15(18-20-14)13-11-16-9-10-19-13/h1-3,5-6,13,16H,4,7-11H2. The number of benzene rings is 1. The number of aromatic nitrogens is 2. The summed E-state index contributed by atoms with van der Waals surface area (Å²) >= 11 is 0. The summed E-state index contributed by atoms with van der Waals surface area (Å²) in [6.45, 7) is 2.34. The van der Waals surface area contributed by atoms with Crippen molar-refractivity contribution in [2.45, 2.75) is 25.4 Å². The summed E-state index contributed by atoms with van der Waals surface area (Å²) in [5.41, 5.74) is 1.34. The molecule has 106 valence electrons. The van der Waals surface area contributed by atoms with E-state index in [4.69, 9.17) is 9.26 Å². The lowest BCUT2D eigenvalue weighted by atomic mass is 10.1. The van der Waals surface area contributed by atoms with Gasteiger partial charge >= 0.3 is 0 Å². The third kappa shape index (κ3) is 3.43. The fourth-order valence-electron chi connectivity index (χ4n) is 2.32. The van der Waals surface area contributed by atoms with Crippen molar-refractivity contribution in [2.24, 2.45) is 0 Å². The van der Waals surface area contributed by atoms with Gasteiger partial charge in [-0.15, -0.1) is 0 Å². The van der Waals surface area contributed by atoms with E-state index in [0.29, 0.717) is 18.3 Å². The van der Waals surface area contributed by atoms with Gasteiger partial charge in [-0.2, -0.15) is 4.98 Å². The minimum Gasteiger partial charge on any atom is -0.367 e. The highest BCUT2D eigenvalue weighted by Gasteiger charge is 2.21. The third-order valence-electron chi connectivity index (χ3n) is 3.40. The van der Waals surface area contributed by atoms with Crippen molar-refractivity contribution in [1.82, 2.24) is 15.5 Å². The van der Waals surface area contributed by atoms with Crippen molar-refractivity contribution in [3.63, 3.8) is 0 Å². The number of rotatable bonds is 5. The summed E-state index contributed by atoms with van der Waals surface area (Å²) < 4.78 is 10.9. The quantitative estimate of drug-likeness (QED) is 0.901. The Labute approximate surface area is 118 Å². The Morgan fingerprint density at radius 1 is 1.20 bits per heavy atom. The van der Waals surface area contributed by atoms with Crippen LogP contribution in [-0.4, -0.2) is 29.8 Å². The van der Waals surface area contributed by atoms with Gasteiger partial charge in [-0.1, -0.05) is 35.5 Å². The number of hydrogen-bond donors (Lipinski definition) is 1. The van der Waals surface area contributed by atoms with E-state index in [9.17, 15) is 0 Å². The highest BCUT2D eigenvalue weighted by atomic mass is 16.5. The minimum atomic E-state index is -0.0737. The van der Waals surface area contributed by atoms with Crippen LogP contribution in [0.25, 0.3) is 0 Å². The molecule has 0 aliphatic carbocycles. The number of morpholine rings is 1. The van der Waals surface area contributed by atoms with Crippen LogP contribution in [0.5, 0.6) is 0 Å². The SMILES string of the molecule is c1ccc(CCCc2nc(C3CNCCO3)no2)cc1. The summed E-state index contributed by atoms with van der Waals surface area (Å²) in [5, 5.41) is 7.27. The number of hydrogen-bond acceptors (Lipinski definition) is 5. The predicted molar refractivity (Wildman–Crippen MR) is 74.3 cm³/mol. The molecule has 1 unspecified atom stereocenters. The van der Waals surface area contributed by atoms with Crippen LogP contribution < -0.4 is 5.32 Å². The van der Waals surface area contributed by atoms with E-state index in [1.807, 2.05) is 6.07 Å². The van der Waals surface area contributed by atoms with Crippen LogP contribution in [0, 0.1) is 0 Å². The predicted octanol–water partition coefficient (Wildman–Crippen LogP) is 1.91. The Bertz CT molecular complexity index is 521. The molecule has 1 aromatic carbocycles. The molecular weight excluding hydrogens is 254 g/mol. The second kappa shape index (κ2) is 6.63. The van der Waals surface area contributed by atoms with Gasteiger partial charge in [-0.3, -0.25) is 0 Å². The largest absolute Gasteiger partial charge is 0.367 e. The van der Waals surface area contributed by atoms with Gasteiger partial charge in [0.15, 0.2) is 0 Å². The molecule has 0 bridgehead atoms. The average Bonchev–Trinajstić information content (AvgIpc) is 2.98. The van der Waals surface area contributed by atoms with Crippen LogP contribution in [0.1, 0.15) is 29.8 Å². The Hall–Kier alpha value is -1.72. The van der Waals surface area contributed by atoms with Gasteiger partial charge in [-0.05, 0) is 18.4 Å². The highest BCUT2D eigenvalue weighted by molar-refractivity contribution is 5.14. The van der Waals surface area contributed by atoms with E-state index in [1.54, 1.807) is 0 Å². The summed E-state index contributed by atoms with van der Waals surface area (Å²) in [5.74, 6) is 1.36. The monoisotopic (exact) mass is 273 g/mol. The first kappa shape index (κ1) is 13.3. The molecule has 1 aromatic heterocycles. The molecule has 1 saturated heterocycles. The van der Waals surface area contributed by atoms with Crippen molar-refractivity contribution >= 4 is 0 Å². The van der Waals surface area contributed by atoms with E-state index < -0.39 is 0 Å². The maximum Gasteiger partial charge on any atom is 0.226 e. The van der Waals surface area contributed by atoms with Crippen LogP contribution in [0.2, 0.25) is 0 Å². The topological polar surface area (TPSA) is 60.2 Å². The first-order valence-corrected chi connectivity index (χ1v) is 7.10. The maximum absolute atomic E-state index is 5.60. The smallest absolute Gasteiger partial charge is 0.226 e. The maximum atomic E-state index is 5.60. The number of nitrogens with one attached hydrogen (secondary N) is 1. The van der Waals surface area contributed by atoms with Crippen molar-refractivity contribution in [3.05, 3.63) is 47.6 Å². The molecule has 0 spiro atoms. The van der Waals surface area contributed by atoms with Gasteiger partial charge in [0.2, 0.25) is 11.7 Å². The second-order valence-corrected chi connectivity index (χ2v) is 4.95. The van der Waals surface area contributed by atoms with Gasteiger partial charge in [0, 0.05) is 19.5 Å². The zero-order valence-electron chi connectivity index (χ0n) is 11.4. The van der Waals surface area contributed by atoms with E-state index in [2.05, 4.69) is 39.7 Å². The Kier molecular flexibility index (Phi) is 4.40. The first-order valence-electron chi connectivity index (χ1n) is 7.10. The van der Waals surface area contributed by atoms with Crippen LogP contribution in [-0.2, 0) is 17.6 Å². The van der Waals surface area contributed by atoms with Gasteiger partial charge in [0.1, 0.15) is 6.10 Å². The number of nitrogens with zero attached hydrogens (tertiary/aromatic N) is 2. The van der Waals surface area contributed by atoms with Crippen LogP contribution in [0.3, 0.4) is 0 Å². The fourth-order valence-corrected chi connectivity index (χ4v) is 2.32. The van der Waals surface area contributed by atoms with Crippen molar-refractivity contribution < 1.29 is 9.26 Å². The molecule has 1 N–H and O–H groups in total. The molecular formula is C15H19N3O2. The first-order chi connectivity index (χ1) is 9.92. The summed E-state index contributed by atoms with van der Waals surface area (Å²) in [4.78, 5) is 4.42. The molecule has 1 fully saturated rings. The highest BCUT2D eigenvalue weighted by Crippen LogP contribution is 2.16. The van der Waals surface area contributed by atoms with E-state index >= 15 is 0 Å². The molecule has 20 heavy (non-hydrogen) atoms. The van der Waals surface area contributed by atoms with Crippen LogP contribution in [0.4, 0.5) is 0 Å². The number of aryl methyl sites for hydroxylation is 2. The molecule has 0 saturated carbocycles. The average molecular weight is 273 g/mol. The van der Waals surface area contributed by atoms with Crippen molar-refractivity contribution in [1.29, 1.82) is 0 Å². The van der Waals surface area contributed by atoms with Gasteiger partial charge in [0.25, 0.3) is 0 Å². The molecule has 5 nitrogen and oxygen atoms in total. The second-order valence-electron chi connectivity index (χ2n) is 4.95. The molecule has 1 aliphatic heterocycles. The molecule has 5 heteroatoms. The summed E-state index contributed by atoms with van der Waals surface area (Å²) in [7, 11) is 0. The lowest BCUT2D eigenvalue weighted by Gasteiger charge is -2.20. The molecule has 2 heterocycles. The molecule has 2 aromatic rings. The van der Waals surface area contributed by atoms with Crippen molar-refractivity contribution in [2.75, 3.05) is 19.7 Å². The summed E-state index contributed by atoms with van der Waals surface area (Å²) in [6.07, 6.45) is 2.77.